The summed E-state index contributed by atoms with van der Waals surface area (Å²) in [5, 5.41) is 10.5. The van der Waals surface area contributed by atoms with Crippen LogP contribution in [-0.4, -0.2) is 16.1 Å². The predicted octanol–water partition coefficient (Wildman–Crippen LogP) is 3.00. The Hall–Kier alpha value is -1.42. The Kier molecular flexibility index (Phi) is 2.44. The lowest BCUT2D eigenvalue weighted by molar-refractivity contribution is 0.0693. The molecule has 3 nitrogen and oxygen atoms in total. The van der Waals surface area contributed by atoms with E-state index < -0.39 is 5.97 Å². The van der Waals surface area contributed by atoms with E-state index in [1.54, 1.807) is 6.07 Å². The molecule has 0 atom stereocenters. The number of carbonyl (C=O) groups is 1. The fourth-order valence-corrected chi connectivity index (χ4v) is 1.92. The maximum Gasteiger partial charge on any atom is 0.355 e. The van der Waals surface area contributed by atoms with Crippen LogP contribution in [0, 0.1) is 6.92 Å². The van der Waals surface area contributed by atoms with Gasteiger partial charge in [-0.15, -0.1) is 0 Å². The number of aryl methyl sites for hydroxylation is 1. The SMILES string of the molecule is Cc1ccc2c(C(=O)O)ncc(Br)c2c1. The molecule has 4 heteroatoms. The quantitative estimate of drug-likeness (QED) is 0.863. The van der Waals surface area contributed by atoms with Gasteiger partial charge in [0.25, 0.3) is 0 Å². The molecule has 76 valence electrons. The molecule has 0 saturated carbocycles. The number of aromatic nitrogens is 1. The summed E-state index contributed by atoms with van der Waals surface area (Å²) in [5.74, 6) is -1.00. The van der Waals surface area contributed by atoms with Crippen molar-refractivity contribution < 1.29 is 9.90 Å². The first-order valence-corrected chi connectivity index (χ1v) is 5.17. The average molecular weight is 266 g/mol. The molecule has 0 aliphatic rings. The van der Waals surface area contributed by atoms with Crippen LogP contribution < -0.4 is 0 Å². The van der Waals surface area contributed by atoms with Gasteiger partial charge in [-0.2, -0.15) is 0 Å². The van der Waals surface area contributed by atoms with Gasteiger partial charge in [0.1, 0.15) is 0 Å². The highest BCUT2D eigenvalue weighted by Crippen LogP contribution is 2.26. The molecule has 0 amide bonds. The normalized spacial score (nSPS) is 10.5. The van der Waals surface area contributed by atoms with Crippen LogP contribution in [0.4, 0.5) is 0 Å². The van der Waals surface area contributed by atoms with Gasteiger partial charge in [-0.25, -0.2) is 9.78 Å². The van der Waals surface area contributed by atoms with Crippen molar-refractivity contribution in [1.29, 1.82) is 0 Å². The molecule has 1 N–H and O–H groups in total. The first kappa shape index (κ1) is 10.1. The minimum Gasteiger partial charge on any atom is -0.476 e. The monoisotopic (exact) mass is 265 g/mol. The first-order chi connectivity index (χ1) is 7.09. The molecule has 1 heterocycles. The van der Waals surface area contributed by atoms with E-state index in [1.165, 1.54) is 6.20 Å². The second kappa shape index (κ2) is 3.62. The molecule has 1 aromatic carbocycles. The van der Waals surface area contributed by atoms with Crippen molar-refractivity contribution in [3.8, 4) is 0 Å². The van der Waals surface area contributed by atoms with E-state index >= 15 is 0 Å². The maximum absolute atomic E-state index is 10.9. The number of benzene rings is 1. The van der Waals surface area contributed by atoms with E-state index in [0.29, 0.717) is 5.39 Å². The van der Waals surface area contributed by atoms with Crippen molar-refractivity contribution in [1.82, 2.24) is 4.98 Å². The lowest BCUT2D eigenvalue weighted by Crippen LogP contribution is -2.01. The molecule has 0 unspecified atom stereocenters. The number of carboxylic acid groups (broad SMARTS) is 1. The second-order valence-corrected chi connectivity index (χ2v) is 4.16. The van der Waals surface area contributed by atoms with Crippen LogP contribution >= 0.6 is 15.9 Å². The van der Waals surface area contributed by atoms with Crippen LogP contribution in [0.3, 0.4) is 0 Å². The minimum atomic E-state index is -1.00. The Morgan fingerprint density at radius 3 is 2.80 bits per heavy atom. The highest BCUT2D eigenvalue weighted by molar-refractivity contribution is 9.10. The van der Waals surface area contributed by atoms with Crippen LogP contribution in [0.1, 0.15) is 16.1 Å². The Labute approximate surface area is 94.9 Å². The number of aromatic carboxylic acids is 1. The van der Waals surface area contributed by atoms with Crippen LogP contribution in [-0.2, 0) is 0 Å². The summed E-state index contributed by atoms with van der Waals surface area (Å²) < 4.78 is 0.811. The largest absolute Gasteiger partial charge is 0.476 e. The van der Waals surface area contributed by atoms with E-state index in [1.807, 2.05) is 19.1 Å². The molecular formula is C11H8BrNO2. The van der Waals surface area contributed by atoms with E-state index in [-0.39, 0.29) is 5.69 Å². The zero-order valence-electron chi connectivity index (χ0n) is 7.99. The van der Waals surface area contributed by atoms with Crippen LogP contribution in [0.2, 0.25) is 0 Å². The summed E-state index contributed by atoms with van der Waals surface area (Å²) >= 11 is 3.36. The number of halogens is 1. The number of hydrogen-bond donors (Lipinski definition) is 1. The highest BCUT2D eigenvalue weighted by Gasteiger charge is 2.11. The summed E-state index contributed by atoms with van der Waals surface area (Å²) in [5.41, 5.74) is 1.18. The van der Waals surface area contributed by atoms with Gasteiger partial charge in [-0.1, -0.05) is 23.8 Å². The fraction of sp³-hybridized carbons (Fsp3) is 0.0909. The lowest BCUT2D eigenvalue weighted by Gasteiger charge is -2.04. The van der Waals surface area contributed by atoms with Gasteiger partial charge in [0.15, 0.2) is 5.69 Å². The topological polar surface area (TPSA) is 50.2 Å². The van der Waals surface area contributed by atoms with Gasteiger partial charge in [0.2, 0.25) is 0 Å². The Bertz CT molecular complexity index is 552. The average Bonchev–Trinajstić information content (AvgIpc) is 2.19. The summed E-state index contributed by atoms with van der Waals surface area (Å²) in [6.07, 6.45) is 1.52. The molecule has 1 aromatic heterocycles. The maximum atomic E-state index is 10.9. The van der Waals surface area contributed by atoms with Gasteiger partial charge in [0, 0.05) is 21.4 Å². The molecule has 15 heavy (non-hydrogen) atoms. The smallest absolute Gasteiger partial charge is 0.355 e. The molecule has 0 aliphatic heterocycles. The van der Waals surface area contributed by atoms with E-state index in [2.05, 4.69) is 20.9 Å². The Morgan fingerprint density at radius 2 is 2.13 bits per heavy atom. The highest BCUT2D eigenvalue weighted by atomic mass is 79.9. The Balaban J connectivity index is 2.88. The molecule has 0 radical (unpaired) electrons. The van der Waals surface area contributed by atoms with Crippen molar-refractivity contribution in [2.75, 3.05) is 0 Å². The lowest BCUT2D eigenvalue weighted by atomic mass is 10.1. The van der Waals surface area contributed by atoms with Crippen molar-refractivity contribution in [3.05, 3.63) is 40.1 Å². The van der Waals surface area contributed by atoms with Gasteiger partial charge in [-0.05, 0) is 22.9 Å². The number of hydrogen-bond acceptors (Lipinski definition) is 2. The summed E-state index contributed by atoms with van der Waals surface area (Å²) in [6.45, 7) is 1.97. The van der Waals surface area contributed by atoms with Gasteiger partial charge in [-0.3, -0.25) is 0 Å². The predicted molar refractivity (Wildman–Crippen MR) is 61.1 cm³/mol. The van der Waals surface area contributed by atoms with Gasteiger partial charge < -0.3 is 5.11 Å². The third kappa shape index (κ3) is 1.72. The third-order valence-electron chi connectivity index (χ3n) is 2.20. The minimum absolute atomic E-state index is 0.0909. The van der Waals surface area contributed by atoms with E-state index in [9.17, 15) is 4.79 Å². The number of pyridine rings is 1. The summed E-state index contributed by atoms with van der Waals surface area (Å²) in [4.78, 5) is 14.8. The molecular weight excluding hydrogens is 258 g/mol. The van der Waals surface area contributed by atoms with E-state index in [0.717, 1.165) is 15.4 Å². The van der Waals surface area contributed by atoms with Gasteiger partial charge >= 0.3 is 5.97 Å². The first-order valence-electron chi connectivity index (χ1n) is 4.38. The zero-order valence-corrected chi connectivity index (χ0v) is 9.58. The van der Waals surface area contributed by atoms with E-state index in [4.69, 9.17) is 5.11 Å². The van der Waals surface area contributed by atoms with Crippen molar-refractivity contribution in [3.63, 3.8) is 0 Å². The number of rotatable bonds is 1. The molecule has 0 spiro atoms. The molecule has 2 rings (SSSR count). The fourth-order valence-electron chi connectivity index (χ4n) is 1.49. The van der Waals surface area contributed by atoms with Crippen molar-refractivity contribution >= 4 is 32.7 Å². The molecule has 0 saturated heterocycles. The van der Waals surface area contributed by atoms with Crippen molar-refractivity contribution in [2.24, 2.45) is 0 Å². The second-order valence-electron chi connectivity index (χ2n) is 3.31. The van der Waals surface area contributed by atoms with Crippen LogP contribution in [0.15, 0.2) is 28.9 Å². The molecule has 0 fully saturated rings. The summed E-state index contributed by atoms with van der Waals surface area (Å²) in [6, 6.07) is 5.60. The standard InChI is InChI=1S/C11H8BrNO2/c1-6-2-3-7-8(4-6)9(12)5-13-10(7)11(14)15/h2-5H,1H3,(H,14,15). The number of fused-ring (bicyclic) bond motifs is 1. The Morgan fingerprint density at radius 1 is 1.40 bits per heavy atom. The molecule has 2 aromatic rings. The third-order valence-corrected chi connectivity index (χ3v) is 2.83. The summed E-state index contributed by atoms with van der Waals surface area (Å²) in [7, 11) is 0. The zero-order chi connectivity index (χ0) is 11.0. The van der Waals surface area contributed by atoms with Crippen LogP contribution in [0.5, 0.6) is 0 Å². The number of nitrogens with zero attached hydrogens (tertiary/aromatic N) is 1. The van der Waals surface area contributed by atoms with Gasteiger partial charge in [0.05, 0.1) is 0 Å². The molecule has 0 aliphatic carbocycles. The van der Waals surface area contributed by atoms with Crippen LogP contribution in [0.25, 0.3) is 10.8 Å². The number of carboxylic acids is 1. The van der Waals surface area contributed by atoms with Crippen molar-refractivity contribution in [2.45, 2.75) is 6.92 Å². The molecule has 0 bridgehead atoms.